The zero-order valence-electron chi connectivity index (χ0n) is 26.1. The lowest BCUT2D eigenvalue weighted by atomic mass is 9.55. The number of benzene rings is 1. The Morgan fingerprint density at radius 1 is 1.09 bits per heavy atom. The number of hydrogen-bond acceptors (Lipinski definition) is 10. The van der Waals surface area contributed by atoms with Crippen LogP contribution in [0.5, 0.6) is 11.5 Å². The van der Waals surface area contributed by atoms with Crippen LogP contribution in [0.3, 0.4) is 0 Å². The van der Waals surface area contributed by atoms with E-state index in [2.05, 4.69) is 40.8 Å². The van der Waals surface area contributed by atoms with Gasteiger partial charge in [0.25, 0.3) is 0 Å². The minimum Gasteiger partial charge on any atom is -0.490 e. The summed E-state index contributed by atoms with van der Waals surface area (Å²) in [5.41, 5.74) is 3.32. The summed E-state index contributed by atoms with van der Waals surface area (Å²) in [5, 5.41) is 42.7. The molecule has 11 nitrogen and oxygen atoms in total. The Morgan fingerprint density at radius 2 is 1.87 bits per heavy atom. The highest BCUT2D eigenvalue weighted by atomic mass is 16.7. The summed E-state index contributed by atoms with van der Waals surface area (Å²) >= 11 is 0. The van der Waals surface area contributed by atoms with Crippen molar-refractivity contribution in [2.24, 2.45) is 22.9 Å². The minimum absolute atomic E-state index is 0.0883. The molecule has 0 unspecified atom stereocenters. The Kier molecular flexibility index (Phi) is 11.1. The number of aliphatic hydroxyl groups excluding tert-OH is 3. The Labute approximate surface area is 264 Å². The van der Waals surface area contributed by atoms with Gasteiger partial charge < -0.3 is 34.4 Å². The van der Waals surface area contributed by atoms with Gasteiger partial charge >= 0.3 is 0 Å². The Hall–Kier alpha value is -3.51. The molecule has 1 aromatic carbocycles. The second-order valence-corrected chi connectivity index (χ2v) is 11.9. The Morgan fingerprint density at radius 3 is 2.58 bits per heavy atom. The maximum Gasteiger partial charge on any atom is 0.241 e. The van der Waals surface area contributed by atoms with E-state index in [-0.39, 0.29) is 50.1 Å². The van der Waals surface area contributed by atoms with Crippen molar-refractivity contribution in [2.45, 2.75) is 69.3 Å². The lowest BCUT2D eigenvalue weighted by Crippen LogP contribution is -2.63. The molecule has 1 saturated carbocycles. The molecule has 3 N–H and O–H groups in total. The summed E-state index contributed by atoms with van der Waals surface area (Å²) in [6.45, 7) is 8.35. The van der Waals surface area contributed by atoms with Crippen LogP contribution in [0.25, 0.3) is 0 Å². The average Bonchev–Trinajstić information content (AvgIpc) is 3.53. The van der Waals surface area contributed by atoms with E-state index in [1.807, 2.05) is 12.1 Å². The summed E-state index contributed by atoms with van der Waals surface area (Å²) in [6, 6.07) is 5.36. The fourth-order valence-electron chi connectivity index (χ4n) is 7.57. The van der Waals surface area contributed by atoms with E-state index in [1.54, 1.807) is 30.1 Å². The fraction of sp³-hybridized carbons (Fsp3) is 0.559. The number of aliphatic hydroxyl groups is 3. The van der Waals surface area contributed by atoms with Crippen molar-refractivity contribution in [1.82, 2.24) is 15.0 Å². The first-order chi connectivity index (χ1) is 22.1. The van der Waals surface area contributed by atoms with Crippen LogP contribution in [0.4, 0.5) is 0 Å². The molecule has 0 amide bonds. The number of oxime groups is 1. The third kappa shape index (κ3) is 6.44. The fourth-order valence-corrected chi connectivity index (χ4v) is 7.57. The molecule has 1 aromatic heterocycles. The van der Waals surface area contributed by atoms with Crippen LogP contribution in [0.1, 0.15) is 68.2 Å². The summed E-state index contributed by atoms with van der Waals surface area (Å²) in [5.74, 6) is 0.0590. The highest BCUT2D eigenvalue weighted by Gasteiger charge is 2.65. The van der Waals surface area contributed by atoms with Gasteiger partial charge in [0.05, 0.1) is 36.7 Å². The van der Waals surface area contributed by atoms with Crippen LogP contribution in [0, 0.1) is 17.8 Å². The van der Waals surface area contributed by atoms with E-state index in [0.717, 1.165) is 54.7 Å². The summed E-state index contributed by atoms with van der Waals surface area (Å²) in [7, 11) is 1.54. The Balaban J connectivity index is 1.77. The first-order valence-corrected chi connectivity index (χ1v) is 15.9. The highest BCUT2D eigenvalue weighted by molar-refractivity contribution is 6.02. The number of allylic oxidation sites excluding steroid dienone is 1. The average molecular weight is 623 g/mol. The molecule has 1 fully saturated rings. The third-order valence-electron chi connectivity index (χ3n) is 9.32. The number of aromatic nitrogens is 3. The number of ether oxygens (including phenoxy) is 3. The zero-order chi connectivity index (χ0) is 31.8. The van der Waals surface area contributed by atoms with Crippen LogP contribution in [-0.4, -0.2) is 75.3 Å². The van der Waals surface area contributed by atoms with Crippen molar-refractivity contribution in [3.8, 4) is 11.5 Å². The normalized spacial score (nSPS) is 27.6. The standard InChI is InChI=1S/C34H46N4O7/c1-4-16-43-25-12-13-30-28(19-25)32-26(11-7-9-15-40)23(10-6-8-14-39)18-27-29(36-42-3)20-31(38-24(22-41)21-35-37-38)34(45-30,33(27)32)44-17-5-2/h4-5,12-13,18-19,21,23,26,31-33,39-41H,1-2,6-11,14-17,20,22H2,3H3/t23-,26+,31-,32+,33+,34+/m0/s1. The van der Waals surface area contributed by atoms with Gasteiger partial charge in [0.2, 0.25) is 5.79 Å². The van der Waals surface area contributed by atoms with E-state index >= 15 is 0 Å². The van der Waals surface area contributed by atoms with E-state index < -0.39 is 11.8 Å². The molecule has 5 rings (SSSR count). The molecule has 6 atom stereocenters. The van der Waals surface area contributed by atoms with E-state index in [9.17, 15) is 15.3 Å². The number of nitrogens with zero attached hydrogens (tertiary/aromatic N) is 4. The Bertz CT molecular complexity index is 1370. The SMILES string of the molecule is C=CCOc1ccc2c(c1)[C@H]1[C@H](CCCCO)[C@@H](CCCCO)C=C3C(=NOC)C[C@H](n4nncc4CO)[C@@](OCC=C)(O2)[C@H]31. The zero-order valence-corrected chi connectivity index (χ0v) is 26.1. The molecule has 0 radical (unpaired) electrons. The molecule has 2 aliphatic carbocycles. The van der Waals surface area contributed by atoms with Crippen molar-refractivity contribution in [2.75, 3.05) is 33.5 Å². The third-order valence-corrected chi connectivity index (χ3v) is 9.32. The smallest absolute Gasteiger partial charge is 0.241 e. The quantitative estimate of drug-likeness (QED) is 0.132. The maximum atomic E-state index is 10.3. The monoisotopic (exact) mass is 622 g/mol. The largest absolute Gasteiger partial charge is 0.490 e. The molecule has 2 heterocycles. The van der Waals surface area contributed by atoms with Gasteiger partial charge in [0, 0.05) is 31.1 Å². The van der Waals surface area contributed by atoms with Crippen LogP contribution < -0.4 is 9.47 Å². The topological polar surface area (TPSA) is 141 Å². The lowest BCUT2D eigenvalue weighted by Gasteiger charge is -2.58. The molecule has 1 aliphatic heterocycles. The van der Waals surface area contributed by atoms with Gasteiger partial charge in [-0.3, -0.25) is 0 Å². The first-order valence-electron chi connectivity index (χ1n) is 15.9. The van der Waals surface area contributed by atoms with Gasteiger partial charge in [-0.2, -0.15) is 0 Å². The predicted molar refractivity (Wildman–Crippen MR) is 169 cm³/mol. The molecule has 11 heteroatoms. The molecule has 0 bridgehead atoms. The molecule has 2 aromatic rings. The molecule has 0 spiro atoms. The summed E-state index contributed by atoms with van der Waals surface area (Å²) < 4.78 is 21.6. The highest BCUT2D eigenvalue weighted by Crippen LogP contribution is 2.63. The van der Waals surface area contributed by atoms with Crippen LogP contribution in [0.2, 0.25) is 0 Å². The van der Waals surface area contributed by atoms with Crippen molar-refractivity contribution in [3.05, 3.63) is 72.6 Å². The van der Waals surface area contributed by atoms with Crippen molar-refractivity contribution in [1.29, 1.82) is 0 Å². The molecular formula is C34H46N4O7. The van der Waals surface area contributed by atoms with Crippen molar-refractivity contribution >= 4 is 5.71 Å². The van der Waals surface area contributed by atoms with E-state index in [4.69, 9.17) is 19.0 Å². The van der Waals surface area contributed by atoms with Gasteiger partial charge in [-0.25, -0.2) is 4.68 Å². The number of rotatable bonds is 17. The van der Waals surface area contributed by atoms with Gasteiger partial charge in [-0.05, 0) is 61.3 Å². The van der Waals surface area contributed by atoms with Crippen molar-refractivity contribution < 1.29 is 34.4 Å². The van der Waals surface area contributed by atoms with Crippen LogP contribution in [0.15, 0.2) is 66.5 Å². The molecule has 3 aliphatic rings. The number of unbranched alkanes of at least 4 members (excludes halogenated alkanes) is 2. The van der Waals surface area contributed by atoms with Gasteiger partial charge in [0.1, 0.15) is 31.3 Å². The van der Waals surface area contributed by atoms with Gasteiger partial charge in [0.15, 0.2) is 0 Å². The maximum absolute atomic E-state index is 10.3. The van der Waals surface area contributed by atoms with E-state index in [0.29, 0.717) is 30.9 Å². The minimum atomic E-state index is -1.25. The van der Waals surface area contributed by atoms with Gasteiger partial charge in [-0.1, -0.05) is 48.0 Å². The molecule has 45 heavy (non-hydrogen) atoms. The first kappa shape index (κ1) is 32.9. The second-order valence-electron chi connectivity index (χ2n) is 11.9. The summed E-state index contributed by atoms with van der Waals surface area (Å²) in [4.78, 5) is 5.43. The van der Waals surface area contributed by atoms with Crippen molar-refractivity contribution in [3.63, 3.8) is 0 Å². The van der Waals surface area contributed by atoms with Gasteiger partial charge in [-0.15, -0.1) is 11.7 Å². The number of fused-ring (bicyclic) bond motifs is 2. The van der Waals surface area contributed by atoms with E-state index in [1.165, 1.54) is 0 Å². The second kappa shape index (κ2) is 15.2. The predicted octanol–water partition coefficient (Wildman–Crippen LogP) is 4.47. The molecule has 244 valence electrons. The summed E-state index contributed by atoms with van der Waals surface area (Å²) in [6.07, 6.45) is 12.6. The molecule has 0 saturated heterocycles. The van der Waals surface area contributed by atoms with Crippen LogP contribution >= 0.6 is 0 Å². The lowest BCUT2D eigenvalue weighted by molar-refractivity contribution is -0.252. The number of hydrogen-bond donors (Lipinski definition) is 3. The van der Waals surface area contributed by atoms with Crippen LogP contribution in [-0.2, 0) is 16.2 Å². The molecular weight excluding hydrogens is 576 g/mol.